The predicted octanol–water partition coefficient (Wildman–Crippen LogP) is 2.03. The highest BCUT2D eigenvalue weighted by Gasteiger charge is 2.07. The van der Waals surface area contributed by atoms with Crippen LogP contribution in [0.4, 0.5) is 4.79 Å². The highest BCUT2D eigenvalue weighted by Crippen LogP contribution is 2.28. The zero-order chi connectivity index (χ0) is 18.1. The molecule has 0 spiro atoms. The van der Waals surface area contributed by atoms with Crippen molar-refractivity contribution in [2.24, 2.45) is 0 Å². The summed E-state index contributed by atoms with van der Waals surface area (Å²) in [6.45, 7) is 3.57. The second kappa shape index (κ2) is 9.29. The fourth-order valence-corrected chi connectivity index (χ4v) is 2.08. The lowest BCUT2D eigenvalue weighted by molar-refractivity contribution is -0.137. The van der Waals surface area contributed by atoms with Crippen molar-refractivity contribution < 1.29 is 28.9 Å². The molecule has 0 radical (unpaired) electrons. The van der Waals surface area contributed by atoms with Gasteiger partial charge in [0.1, 0.15) is 24.7 Å². The molecule has 2 rings (SSSR count). The number of carbonyl (C=O) groups is 2. The fourth-order valence-electron chi connectivity index (χ4n) is 2.08. The highest BCUT2D eigenvalue weighted by atomic mass is 16.6. The molecule has 2 aromatic rings. The first-order valence-electron chi connectivity index (χ1n) is 7.65. The first kappa shape index (κ1) is 18.3. The van der Waals surface area contributed by atoms with Crippen molar-refractivity contribution in [1.82, 2.24) is 5.32 Å². The van der Waals surface area contributed by atoms with E-state index in [2.05, 4.69) is 11.9 Å². The summed E-state index contributed by atoms with van der Waals surface area (Å²) >= 11 is 0. The third kappa shape index (κ3) is 5.50. The van der Waals surface area contributed by atoms with Crippen molar-refractivity contribution in [2.75, 3.05) is 26.4 Å². The zero-order valence-electron chi connectivity index (χ0n) is 13.6. The average molecular weight is 345 g/mol. The van der Waals surface area contributed by atoms with Gasteiger partial charge in [0.05, 0.1) is 13.2 Å². The Balaban J connectivity index is 1.94. The van der Waals surface area contributed by atoms with Gasteiger partial charge in [0, 0.05) is 11.5 Å². The van der Waals surface area contributed by atoms with E-state index in [0.29, 0.717) is 11.5 Å². The van der Waals surface area contributed by atoms with Gasteiger partial charge in [0.2, 0.25) is 0 Å². The van der Waals surface area contributed by atoms with Crippen molar-refractivity contribution in [3.05, 3.63) is 49.1 Å². The number of nitrogens with one attached hydrogen (secondary N) is 1. The van der Waals surface area contributed by atoms with Crippen molar-refractivity contribution in [3.63, 3.8) is 0 Å². The number of carbonyl (C=O) groups excluding carboxylic acids is 2. The number of ether oxygens (including phenoxy) is 3. The Labute approximate surface area is 144 Å². The molecule has 0 fully saturated rings. The summed E-state index contributed by atoms with van der Waals surface area (Å²) in [6, 6.07) is 10.6. The van der Waals surface area contributed by atoms with Crippen LogP contribution in [0.5, 0.6) is 11.5 Å². The molecular weight excluding hydrogens is 326 g/mol. The second-order valence-electron chi connectivity index (χ2n) is 4.90. The maximum atomic E-state index is 11.7. The van der Waals surface area contributed by atoms with E-state index in [9.17, 15) is 9.59 Å². The van der Waals surface area contributed by atoms with Gasteiger partial charge in [-0.2, -0.15) is 0 Å². The molecule has 1 amide bonds. The molecule has 0 heterocycles. The van der Waals surface area contributed by atoms with Crippen molar-refractivity contribution in [1.29, 1.82) is 0 Å². The van der Waals surface area contributed by atoms with Gasteiger partial charge in [-0.05, 0) is 29.7 Å². The van der Waals surface area contributed by atoms with E-state index in [1.165, 1.54) is 0 Å². The van der Waals surface area contributed by atoms with E-state index in [1.54, 1.807) is 24.3 Å². The minimum Gasteiger partial charge on any atom is -0.491 e. The summed E-state index contributed by atoms with van der Waals surface area (Å²) < 4.78 is 15.4. The van der Waals surface area contributed by atoms with Crippen LogP contribution in [0.3, 0.4) is 0 Å². The first-order chi connectivity index (χ1) is 12.1. The Morgan fingerprint density at radius 3 is 2.80 bits per heavy atom. The molecule has 0 aliphatic rings. The van der Waals surface area contributed by atoms with E-state index >= 15 is 0 Å². The summed E-state index contributed by atoms with van der Waals surface area (Å²) in [4.78, 5) is 22.6. The number of benzene rings is 2. The largest absolute Gasteiger partial charge is 0.491 e. The second-order valence-corrected chi connectivity index (χ2v) is 4.90. The Bertz CT molecular complexity index is 758. The lowest BCUT2D eigenvalue weighted by Crippen LogP contribution is -2.30. The third-order valence-corrected chi connectivity index (χ3v) is 3.15. The molecule has 2 aromatic carbocycles. The molecule has 0 saturated carbocycles. The number of esters is 1. The Kier molecular flexibility index (Phi) is 6.79. The molecule has 132 valence electrons. The van der Waals surface area contributed by atoms with Crippen molar-refractivity contribution in [3.8, 4) is 11.5 Å². The van der Waals surface area contributed by atoms with Crippen LogP contribution in [0.15, 0.2) is 49.1 Å². The Hall–Kier alpha value is -3.06. The van der Waals surface area contributed by atoms with E-state index in [4.69, 9.17) is 19.3 Å². The number of fused-ring (bicyclic) bond motifs is 1. The molecule has 7 heteroatoms. The highest BCUT2D eigenvalue weighted by molar-refractivity contribution is 5.90. The lowest BCUT2D eigenvalue weighted by atomic mass is 10.1. The average Bonchev–Trinajstić information content (AvgIpc) is 2.63. The Morgan fingerprint density at radius 2 is 2.04 bits per heavy atom. The smallest absolute Gasteiger partial charge is 0.412 e. The molecule has 0 atom stereocenters. The summed E-state index contributed by atoms with van der Waals surface area (Å²) in [7, 11) is 0. The number of aliphatic hydroxyl groups excluding tert-OH is 1. The van der Waals surface area contributed by atoms with Gasteiger partial charge in [-0.1, -0.05) is 18.7 Å². The number of aliphatic hydroxyl groups is 1. The number of hydrogen-bond acceptors (Lipinski definition) is 6. The van der Waals surface area contributed by atoms with Gasteiger partial charge in [0.15, 0.2) is 0 Å². The Morgan fingerprint density at radius 1 is 1.20 bits per heavy atom. The quantitative estimate of drug-likeness (QED) is 0.432. The van der Waals surface area contributed by atoms with E-state index in [1.807, 2.05) is 12.1 Å². The van der Waals surface area contributed by atoms with Crippen LogP contribution in [-0.2, 0) is 9.53 Å². The minimum atomic E-state index is -0.651. The van der Waals surface area contributed by atoms with E-state index in [0.717, 1.165) is 16.8 Å². The maximum absolute atomic E-state index is 11.7. The van der Waals surface area contributed by atoms with Crippen molar-refractivity contribution >= 4 is 22.8 Å². The van der Waals surface area contributed by atoms with Crippen LogP contribution in [0.1, 0.15) is 0 Å². The third-order valence-electron chi connectivity index (χ3n) is 3.15. The molecule has 0 aromatic heterocycles. The number of amides is 1. The fraction of sp³-hybridized carbons (Fsp3) is 0.222. The summed E-state index contributed by atoms with van der Waals surface area (Å²) in [5.41, 5.74) is 0. The molecule has 0 aliphatic carbocycles. The molecule has 25 heavy (non-hydrogen) atoms. The molecule has 0 bridgehead atoms. The van der Waals surface area contributed by atoms with Gasteiger partial charge in [-0.3, -0.25) is 0 Å². The summed E-state index contributed by atoms with van der Waals surface area (Å²) in [5, 5.41) is 13.0. The van der Waals surface area contributed by atoms with Gasteiger partial charge < -0.3 is 24.6 Å². The number of rotatable bonds is 8. The molecule has 0 aliphatic heterocycles. The summed E-state index contributed by atoms with van der Waals surface area (Å²) in [5.74, 6) is 0.461. The summed E-state index contributed by atoms with van der Waals surface area (Å²) in [6.07, 6.45) is 0.396. The van der Waals surface area contributed by atoms with Crippen LogP contribution in [0.25, 0.3) is 10.8 Å². The van der Waals surface area contributed by atoms with Crippen LogP contribution in [0, 0.1) is 0 Å². The predicted molar refractivity (Wildman–Crippen MR) is 91.7 cm³/mol. The van der Waals surface area contributed by atoms with Crippen LogP contribution >= 0.6 is 0 Å². The molecule has 2 N–H and O–H groups in total. The normalized spacial score (nSPS) is 10.1. The lowest BCUT2D eigenvalue weighted by Gasteiger charge is -2.10. The zero-order valence-corrected chi connectivity index (χ0v) is 13.6. The van der Waals surface area contributed by atoms with Crippen LogP contribution in [0.2, 0.25) is 0 Å². The first-order valence-corrected chi connectivity index (χ1v) is 7.65. The van der Waals surface area contributed by atoms with E-state index in [-0.39, 0.29) is 26.4 Å². The molecule has 0 unspecified atom stereocenters. The van der Waals surface area contributed by atoms with Crippen LogP contribution < -0.4 is 14.8 Å². The maximum Gasteiger partial charge on any atom is 0.412 e. The number of hydrogen-bond donors (Lipinski definition) is 2. The topological polar surface area (TPSA) is 94.1 Å². The standard InChI is InChI=1S/C18H19NO6/c1-2-17(21)24-10-8-19-18(22)25-14-6-7-15-13(12-14)4-3-5-16(15)23-11-9-20/h2-7,12,20H,1,8-11H2,(H,19,22). The monoisotopic (exact) mass is 345 g/mol. The molecular formula is C18H19NO6. The van der Waals surface area contributed by atoms with E-state index < -0.39 is 12.1 Å². The van der Waals surface area contributed by atoms with Crippen LogP contribution in [-0.4, -0.2) is 43.5 Å². The molecule has 0 saturated heterocycles. The van der Waals surface area contributed by atoms with Crippen molar-refractivity contribution in [2.45, 2.75) is 0 Å². The van der Waals surface area contributed by atoms with Gasteiger partial charge in [-0.25, -0.2) is 9.59 Å². The van der Waals surface area contributed by atoms with Gasteiger partial charge in [0.25, 0.3) is 0 Å². The SMILES string of the molecule is C=CC(=O)OCCNC(=O)Oc1ccc2c(OCCO)cccc2c1. The van der Waals surface area contributed by atoms with Gasteiger partial charge >= 0.3 is 12.1 Å². The van der Waals surface area contributed by atoms with Gasteiger partial charge in [-0.15, -0.1) is 0 Å². The minimum absolute atomic E-state index is 0.0310. The molecule has 7 nitrogen and oxygen atoms in total.